The molecule has 0 unspecified atom stereocenters. The molecule has 2 bridgehead atoms. The van der Waals surface area contributed by atoms with Gasteiger partial charge >= 0.3 is 0 Å². The van der Waals surface area contributed by atoms with E-state index in [1.54, 1.807) is 0 Å². The van der Waals surface area contributed by atoms with Crippen LogP contribution in [-0.4, -0.2) is 29.2 Å². The minimum absolute atomic E-state index is 0.0549. The van der Waals surface area contributed by atoms with Gasteiger partial charge in [-0.05, 0) is 54.1 Å². The topological polar surface area (TPSA) is 66.5 Å². The molecule has 0 spiro atoms. The van der Waals surface area contributed by atoms with E-state index in [1.807, 2.05) is 18.2 Å². The van der Waals surface area contributed by atoms with Crippen LogP contribution in [0, 0.1) is 35.5 Å². The quantitative estimate of drug-likeness (QED) is 0.597. The van der Waals surface area contributed by atoms with Crippen molar-refractivity contribution in [1.29, 1.82) is 0 Å². The maximum atomic E-state index is 13.0. The van der Waals surface area contributed by atoms with E-state index in [0.29, 0.717) is 11.8 Å². The molecule has 4 aliphatic carbocycles. The molecule has 6 rings (SSSR count). The Hall–Kier alpha value is -2.43. The molecule has 6 atom stereocenters. The van der Waals surface area contributed by atoms with Gasteiger partial charge in [0.1, 0.15) is 0 Å². The second-order valence-corrected chi connectivity index (χ2v) is 8.94. The Morgan fingerprint density at radius 2 is 1.55 bits per heavy atom. The molecule has 0 aromatic heterocycles. The molecular formula is C24H28N2O3. The molecule has 0 radical (unpaired) electrons. The minimum Gasteiger partial charge on any atom is -0.326 e. The summed E-state index contributed by atoms with van der Waals surface area (Å²) in [6.07, 6.45) is 7.34. The van der Waals surface area contributed by atoms with Gasteiger partial charge in [-0.2, -0.15) is 0 Å². The molecule has 1 saturated heterocycles. The number of amides is 3. The van der Waals surface area contributed by atoms with Gasteiger partial charge < -0.3 is 5.32 Å². The smallest absolute Gasteiger partial charge is 0.233 e. The van der Waals surface area contributed by atoms with E-state index in [2.05, 4.69) is 31.3 Å². The zero-order chi connectivity index (χ0) is 20.3. The molecular weight excluding hydrogens is 364 g/mol. The molecule has 1 aliphatic heterocycles. The maximum absolute atomic E-state index is 13.0. The minimum atomic E-state index is -0.183. The van der Waals surface area contributed by atoms with Crippen LogP contribution in [0.3, 0.4) is 0 Å². The first-order valence-electron chi connectivity index (χ1n) is 11.0. The number of nitrogens with one attached hydrogen (secondary N) is 1. The number of benzene rings is 1. The molecule has 1 aromatic rings. The van der Waals surface area contributed by atoms with Crippen molar-refractivity contribution in [3.8, 4) is 0 Å². The van der Waals surface area contributed by atoms with Crippen molar-refractivity contribution in [1.82, 2.24) is 4.90 Å². The lowest BCUT2D eigenvalue weighted by atomic mass is 9.63. The number of aryl methyl sites for hydroxylation is 2. The maximum Gasteiger partial charge on any atom is 0.233 e. The average molecular weight is 392 g/mol. The Morgan fingerprint density at radius 1 is 1.00 bits per heavy atom. The summed E-state index contributed by atoms with van der Waals surface area (Å²) in [5, 5.41) is 3.04. The molecule has 2 saturated carbocycles. The Bertz CT molecular complexity index is 862. The summed E-state index contributed by atoms with van der Waals surface area (Å²) in [6, 6.07) is 6.08. The number of likely N-dealkylation sites (tertiary alicyclic amines) is 1. The van der Waals surface area contributed by atoms with Gasteiger partial charge in [0.15, 0.2) is 0 Å². The molecule has 3 fully saturated rings. The van der Waals surface area contributed by atoms with E-state index in [-0.39, 0.29) is 54.4 Å². The standard InChI is InChI=1S/C24H28N2O3/c1-3-13-6-5-7-14(4-2)22(13)25-19(27)10-11-26-23(28)20-15-8-9-16(18-12-17(15)18)21(20)24(26)29/h5-9,15-18,20-21H,3-4,10-12H2,1-2H3,(H,25,27)/t15-,16-,17-,18+,20-,21-/m1/s1. The third-order valence-electron chi connectivity index (χ3n) is 7.58. The van der Waals surface area contributed by atoms with Crippen molar-refractivity contribution in [2.75, 3.05) is 11.9 Å². The second kappa shape index (κ2) is 6.82. The van der Waals surface area contributed by atoms with Crippen molar-refractivity contribution in [3.05, 3.63) is 41.5 Å². The molecule has 1 aromatic carbocycles. The normalized spacial score (nSPS) is 33.7. The van der Waals surface area contributed by atoms with E-state index in [1.165, 1.54) is 4.90 Å². The number of anilines is 1. The monoisotopic (exact) mass is 392 g/mol. The van der Waals surface area contributed by atoms with E-state index < -0.39 is 0 Å². The Labute approximate surface area is 171 Å². The second-order valence-electron chi connectivity index (χ2n) is 8.94. The number of para-hydroxylation sites is 1. The van der Waals surface area contributed by atoms with Gasteiger partial charge in [-0.25, -0.2) is 0 Å². The van der Waals surface area contributed by atoms with Crippen molar-refractivity contribution < 1.29 is 14.4 Å². The number of hydrogen-bond acceptors (Lipinski definition) is 3. The SMILES string of the molecule is CCc1cccc(CC)c1NC(=O)CCN1C(=O)[C@@H]2[C@@H]3C=C[C@H]([C@@H]4C[C@H]34)[C@H]2C1=O. The predicted molar refractivity (Wildman–Crippen MR) is 110 cm³/mol. The summed E-state index contributed by atoms with van der Waals surface area (Å²) >= 11 is 0. The molecule has 1 heterocycles. The first kappa shape index (κ1) is 18.6. The summed E-state index contributed by atoms with van der Waals surface area (Å²) < 4.78 is 0. The van der Waals surface area contributed by atoms with Gasteiger partial charge in [0, 0.05) is 18.7 Å². The molecule has 3 amide bonds. The highest BCUT2D eigenvalue weighted by molar-refractivity contribution is 6.06. The fourth-order valence-electron chi connectivity index (χ4n) is 6.06. The summed E-state index contributed by atoms with van der Waals surface area (Å²) in [6.45, 7) is 4.32. The summed E-state index contributed by atoms with van der Waals surface area (Å²) in [5.41, 5.74) is 3.11. The van der Waals surface area contributed by atoms with Gasteiger partial charge in [-0.3, -0.25) is 19.3 Å². The number of carbonyl (C=O) groups excluding carboxylic acids is 3. The van der Waals surface area contributed by atoms with Gasteiger partial charge in [0.05, 0.1) is 11.8 Å². The van der Waals surface area contributed by atoms with Crippen molar-refractivity contribution in [2.45, 2.75) is 39.5 Å². The van der Waals surface area contributed by atoms with E-state index in [4.69, 9.17) is 0 Å². The van der Waals surface area contributed by atoms with Crippen LogP contribution in [0.25, 0.3) is 0 Å². The lowest BCUT2D eigenvalue weighted by Crippen LogP contribution is -2.40. The number of carbonyl (C=O) groups is 3. The van der Waals surface area contributed by atoms with Gasteiger partial charge in [0.2, 0.25) is 17.7 Å². The van der Waals surface area contributed by atoms with Crippen LogP contribution in [0.1, 0.15) is 37.8 Å². The van der Waals surface area contributed by atoms with Crippen LogP contribution in [0.2, 0.25) is 0 Å². The number of rotatable bonds is 6. The van der Waals surface area contributed by atoms with Crippen molar-refractivity contribution in [2.24, 2.45) is 35.5 Å². The third-order valence-corrected chi connectivity index (χ3v) is 7.58. The number of allylic oxidation sites excluding steroid dienone is 2. The zero-order valence-corrected chi connectivity index (χ0v) is 17.1. The van der Waals surface area contributed by atoms with Crippen LogP contribution in [0.5, 0.6) is 0 Å². The molecule has 5 heteroatoms. The fraction of sp³-hybridized carbons (Fsp3) is 0.542. The number of imide groups is 1. The summed E-state index contributed by atoms with van der Waals surface area (Å²) in [4.78, 5) is 40.1. The van der Waals surface area contributed by atoms with Crippen LogP contribution >= 0.6 is 0 Å². The fourth-order valence-corrected chi connectivity index (χ4v) is 6.06. The van der Waals surface area contributed by atoms with Crippen LogP contribution in [-0.2, 0) is 27.2 Å². The van der Waals surface area contributed by atoms with Gasteiger partial charge in [-0.15, -0.1) is 0 Å². The highest BCUT2D eigenvalue weighted by Crippen LogP contribution is 2.65. The van der Waals surface area contributed by atoms with Gasteiger partial charge in [0.25, 0.3) is 0 Å². The molecule has 5 aliphatic rings. The highest BCUT2D eigenvalue weighted by Gasteiger charge is 2.66. The first-order valence-corrected chi connectivity index (χ1v) is 11.0. The first-order chi connectivity index (χ1) is 14.0. The largest absolute Gasteiger partial charge is 0.326 e. The van der Waals surface area contributed by atoms with Crippen LogP contribution in [0.4, 0.5) is 5.69 Å². The zero-order valence-electron chi connectivity index (χ0n) is 17.1. The van der Waals surface area contributed by atoms with E-state index >= 15 is 0 Å². The van der Waals surface area contributed by atoms with Crippen LogP contribution in [0.15, 0.2) is 30.4 Å². The number of hydrogen-bond donors (Lipinski definition) is 1. The van der Waals surface area contributed by atoms with Gasteiger partial charge in [-0.1, -0.05) is 44.2 Å². The molecule has 29 heavy (non-hydrogen) atoms. The van der Waals surface area contributed by atoms with Crippen molar-refractivity contribution in [3.63, 3.8) is 0 Å². The van der Waals surface area contributed by atoms with E-state index in [9.17, 15) is 14.4 Å². The average Bonchev–Trinajstić information content (AvgIpc) is 3.51. The highest BCUT2D eigenvalue weighted by atomic mass is 16.2. The molecule has 5 nitrogen and oxygen atoms in total. The Balaban J connectivity index is 1.26. The third kappa shape index (κ3) is 2.77. The Morgan fingerprint density at radius 3 is 2.07 bits per heavy atom. The lowest BCUT2D eigenvalue weighted by molar-refractivity contribution is -0.140. The summed E-state index contributed by atoms with van der Waals surface area (Å²) in [7, 11) is 0. The Kier molecular flexibility index (Phi) is 4.37. The van der Waals surface area contributed by atoms with Crippen molar-refractivity contribution >= 4 is 23.4 Å². The number of nitrogens with zero attached hydrogens (tertiary/aromatic N) is 1. The predicted octanol–water partition coefficient (Wildman–Crippen LogP) is 3.19. The lowest BCUT2D eigenvalue weighted by Gasteiger charge is -2.37. The summed E-state index contributed by atoms with van der Waals surface area (Å²) in [5.74, 6) is 1.05. The van der Waals surface area contributed by atoms with E-state index in [0.717, 1.165) is 36.1 Å². The molecule has 152 valence electrons. The molecule has 1 N–H and O–H groups in total. The van der Waals surface area contributed by atoms with Crippen LogP contribution < -0.4 is 5.32 Å².